The number of hydrogen-bond donors (Lipinski definition) is 1. The van der Waals surface area contributed by atoms with Crippen LogP contribution in [0, 0.1) is 13.8 Å². The van der Waals surface area contributed by atoms with E-state index in [9.17, 15) is 4.79 Å². The molecule has 2 heteroatoms. The average Bonchev–Trinajstić information content (AvgIpc) is 2.01. The molecule has 0 aliphatic rings. The van der Waals surface area contributed by atoms with Crippen LogP contribution in [0.3, 0.4) is 0 Å². The minimum atomic E-state index is -0.159. The van der Waals surface area contributed by atoms with Gasteiger partial charge in [0.25, 0.3) is 0 Å². The van der Waals surface area contributed by atoms with E-state index in [1.807, 2.05) is 26.0 Å². The Balaban J connectivity index is 2.90. The second kappa shape index (κ2) is 4.38. The molecule has 0 spiro atoms. The molecule has 1 aromatic carbocycles. The minimum absolute atomic E-state index is 0.137. The summed E-state index contributed by atoms with van der Waals surface area (Å²) in [5.41, 5.74) is 9.39. The van der Waals surface area contributed by atoms with Gasteiger partial charge in [-0.2, -0.15) is 0 Å². The van der Waals surface area contributed by atoms with Gasteiger partial charge in [0.05, 0.1) is 0 Å². The van der Waals surface area contributed by atoms with E-state index in [1.165, 1.54) is 11.1 Å². The molecule has 1 rings (SSSR count). The molecule has 76 valence electrons. The molecule has 14 heavy (non-hydrogen) atoms. The summed E-state index contributed by atoms with van der Waals surface area (Å²) in [6.45, 7) is 5.65. The van der Waals surface area contributed by atoms with Crippen molar-refractivity contribution in [1.82, 2.24) is 0 Å². The zero-order valence-electron chi connectivity index (χ0n) is 9.00. The Bertz CT molecular complexity index is 344. The molecule has 1 atom stereocenters. The highest BCUT2D eigenvalue weighted by Gasteiger charge is 2.10. The molecule has 0 aliphatic carbocycles. The lowest BCUT2D eigenvalue weighted by Gasteiger charge is -2.13. The van der Waals surface area contributed by atoms with Crippen molar-refractivity contribution >= 4 is 5.78 Å². The Morgan fingerprint density at radius 1 is 1.43 bits per heavy atom. The van der Waals surface area contributed by atoms with Crippen molar-refractivity contribution < 1.29 is 4.79 Å². The maximum absolute atomic E-state index is 10.9. The van der Waals surface area contributed by atoms with Crippen molar-refractivity contribution in [2.24, 2.45) is 5.73 Å². The van der Waals surface area contributed by atoms with Gasteiger partial charge in [0, 0.05) is 12.5 Å². The lowest BCUT2D eigenvalue weighted by atomic mass is 9.97. The third-order valence-corrected chi connectivity index (χ3v) is 2.33. The van der Waals surface area contributed by atoms with E-state index in [0.717, 1.165) is 5.56 Å². The molecule has 0 bridgehead atoms. The number of ketones is 1. The van der Waals surface area contributed by atoms with Gasteiger partial charge in [-0.15, -0.1) is 0 Å². The molecule has 1 aromatic rings. The van der Waals surface area contributed by atoms with Crippen LogP contribution in [0.5, 0.6) is 0 Å². The second-order valence-corrected chi connectivity index (χ2v) is 3.87. The van der Waals surface area contributed by atoms with E-state index in [-0.39, 0.29) is 11.8 Å². The van der Waals surface area contributed by atoms with Crippen molar-refractivity contribution in [3.8, 4) is 0 Å². The van der Waals surface area contributed by atoms with Crippen LogP contribution in [0.15, 0.2) is 18.2 Å². The monoisotopic (exact) mass is 191 g/mol. The van der Waals surface area contributed by atoms with E-state index >= 15 is 0 Å². The number of aryl methyl sites for hydroxylation is 2. The molecule has 0 aromatic heterocycles. The number of benzene rings is 1. The van der Waals surface area contributed by atoms with E-state index in [1.54, 1.807) is 6.92 Å². The van der Waals surface area contributed by atoms with Crippen molar-refractivity contribution in [3.63, 3.8) is 0 Å². The van der Waals surface area contributed by atoms with Crippen molar-refractivity contribution in [1.29, 1.82) is 0 Å². The Kier molecular flexibility index (Phi) is 3.42. The molecule has 0 saturated carbocycles. The van der Waals surface area contributed by atoms with Gasteiger partial charge < -0.3 is 5.73 Å². The van der Waals surface area contributed by atoms with E-state index < -0.39 is 0 Å². The first-order chi connectivity index (χ1) is 6.50. The predicted molar refractivity (Wildman–Crippen MR) is 58.1 cm³/mol. The Labute approximate surface area is 85.1 Å². The third-order valence-electron chi connectivity index (χ3n) is 2.33. The van der Waals surface area contributed by atoms with E-state index in [2.05, 4.69) is 6.07 Å². The molecule has 0 saturated heterocycles. The summed E-state index contributed by atoms with van der Waals surface area (Å²) in [7, 11) is 0. The minimum Gasteiger partial charge on any atom is -0.324 e. The van der Waals surface area contributed by atoms with Crippen molar-refractivity contribution in [2.45, 2.75) is 33.2 Å². The Morgan fingerprint density at radius 3 is 2.57 bits per heavy atom. The fraction of sp³-hybridized carbons (Fsp3) is 0.417. The number of rotatable bonds is 3. The molecular weight excluding hydrogens is 174 g/mol. The molecule has 0 aliphatic heterocycles. The first-order valence-corrected chi connectivity index (χ1v) is 4.83. The fourth-order valence-corrected chi connectivity index (χ4v) is 1.66. The smallest absolute Gasteiger partial charge is 0.131 e. The molecular formula is C12H17NO. The largest absolute Gasteiger partial charge is 0.324 e. The van der Waals surface area contributed by atoms with Crippen LogP contribution >= 0.6 is 0 Å². The van der Waals surface area contributed by atoms with Crippen LogP contribution in [0.4, 0.5) is 0 Å². The molecule has 0 fully saturated rings. The standard InChI is InChI=1S/C12H17NO/c1-8-4-5-11(9(2)6-8)12(13)7-10(3)14/h4-6,12H,7,13H2,1-3H3. The zero-order chi connectivity index (χ0) is 10.7. The van der Waals surface area contributed by atoms with Crippen LogP contribution in [0.2, 0.25) is 0 Å². The molecule has 0 amide bonds. The number of hydrogen-bond acceptors (Lipinski definition) is 2. The lowest BCUT2D eigenvalue weighted by Crippen LogP contribution is -2.15. The van der Waals surface area contributed by atoms with Gasteiger partial charge in [-0.3, -0.25) is 4.79 Å². The number of carbonyl (C=O) groups is 1. The van der Waals surface area contributed by atoms with Gasteiger partial charge in [0.1, 0.15) is 5.78 Å². The maximum Gasteiger partial charge on any atom is 0.131 e. The lowest BCUT2D eigenvalue weighted by molar-refractivity contribution is -0.117. The highest BCUT2D eigenvalue weighted by Crippen LogP contribution is 2.19. The maximum atomic E-state index is 10.9. The van der Waals surface area contributed by atoms with Gasteiger partial charge in [0.2, 0.25) is 0 Å². The van der Waals surface area contributed by atoms with E-state index in [4.69, 9.17) is 5.73 Å². The predicted octanol–water partition coefficient (Wildman–Crippen LogP) is 2.28. The summed E-state index contributed by atoms with van der Waals surface area (Å²) < 4.78 is 0. The van der Waals surface area contributed by atoms with Crippen LogP contribution in [0.25, 0.3) is 0 Å². The van der Waals surface area contributed by atoms with Crippen LogP contribution < -0.4 is 5.73 Å². The van der Waals surface area contributed by atoms with Crippen molar-refractivity contribution in [3.05, 3.63) is 34.9 Å². The molecule has 2 nitrogen and oxygen atoms in total. The molecule has 1 unspecified atom stereocenters. The van der Waals surface area contributed by atoms with Crippen LogP contribution in [0.1, 0.15) is 36.1 Å². The molecule has 0 radical (unpaired) electrons. The topological polar surface area (TPSA) is 43.1 Å². The summed E-state index contributed by atoms with van der Waals surface area (Å²) in [5, 5.41) is 0. The zero-order valence-corrected chi connectivity index (χ0v) is 9.00. The van der Waals surface area contributed by atoms with Gasteiger partial charge >= 0.3 is 0 Å². The summed E-state index contributed by atoms with van der Waals surface area (Å²) >= 11 is 0. The van der Waals surface area contributed by atoms with Crippen LogP contribution in [-0.2, 0) is 4.79 Å². The number of nitrogens with two attached hydrogens (primary N) is 1. The number of carbonyl (C=O) groups excluding carboxylic acids is 1. The first-order valence-electron chi connectivity index (χ1n) is 4.83. The van der Waals surface area contributed by atoms with Crippen LogP contribution in [-0.4, -0.2) is 5.78 Å². The summed E-state index contributed by atoms with van der Waals surface area (Å²) in [6.07, 6.45) is 0.421. The Morgan fingerprint density at radius 2 is 2.07 bits per heavy atom. The summed E-state index contributed by atoms with van der Waals surface area (Å²) in [5.74, 6) is 0.137. The van der Waals surface area contributed by atoms with Gasteiger partial charge in [-0.25, -0.2) is 0 Å². The molecule has 0 heterocycles. The highest BCUT2D eigenvalue weighted by atomic mass is 16.1. The normalized spacial score (nSPS) is 12.6. The van der Waals surface area contributed by atoms with E-state index in [0.29, 0.717) is 6.42 Å². The van der Waals surface area contributed by atoms with Gasteiger partial charge in [-0.05, 0) is 31.9 Å². The van der Waals surface area contributed by atoms with Crippen molar-refractivity contribution in [2.75, 3.05) is 0 Å². The SMILES string of the molecule is CC(=O)CC(N)c1ccc(C)cc1C. The van der Waals surface area contributed by atoms with Gasteiger partial charge in [0.15, 0.2) is 0 Å². The summed E-state index contributed by atoms with van der Waals surface area (Å²) in [4.78, 5) is 10.9. The second-order valence-electron chi connectivity index (χ2n) is 3.87. The Hall–Kier alpha value is -1.15. The third kappa shape index (κ3) is 2.67. The number of Topliss-reactive ketones (excluding diaryl/α,β-unsaturated/α-hetero) is 1. The highest BCUT2D eigenvalue weighted by molar-refractivity contribution is 5.76. The fourth-order valence-electron chi connectivity index (χ4n) is 1.66. The quantitative estimate of drug-likeness (QED) is 0.796. The first kappa shape index (κ1) is 10.9. The molecule has 2 N–H and O–H groups in total. The average molecular weight is 191 g/mol. The summed E-state index contributed by atoms with van der Waals surface area (Å²) in [6, 6.07) is 5.98. The van der Waals surface area contributed by atoms with Gasteiger partial charge in [-0.1, -0.05) is 23.8 Å².